The fraction of sp³-hybridized carbons (Fsp3) is 0.0208. The van der Waals surface area contributed by atoms with Crippen LogP contribution in [-0.4, -0.2) is 19.5 Å². The molecule has 0 atom stereocenters. The number of nitriles is 2. The Balaban J connectivity index is 1.35. The maximum Gasteiger partial charge on any atom is 0.417 e. The molecule has 0 radical (unpaired) electrons. The van der Waals surface area contributed by atoms with E-state index in [-0.39, 0.29) is 11.4 Å². The molecule has 270 valence electrons. The summed E-state index contributed by atoms with van der Waals surface area (Å²) in [6.45, 7) is 0. The van der Waals surface area contributed by atoms with Crippen LogP contribution < -0.4 is 0 Å². The lowest BCUT2D eigenvalue weighted by molar-refractivity contribution is -0.137. The lowest BCUT2D eigenvalue weighted by Gasteiger charge is -2.18. The first kappa shape index (κ1) is 34.9. The molecule has 7 aromatic carbocycles. The highest BCUT2D eigenvalue weighted by atomic mass is 19.4. The van der Waals surface area contributed by atoms with Crippen molar-refractivity contribution in [2.75, 3.05) is 0 Å². The topological polar surface area (TPSA) is 91.2 Å². The summed E-state index contributed by atoms with van der Waals surface area (Å²) in [6, 6.07) is 52.9. The van der Waals surface area contributed by atoms with Gasteiger partial charge in [-0.2, -0.15) is 23.7 Å². The van der Waals surface area contributed by atoms with Crippen LogP contribution in [0.4, 0.5) is 13.2 Å². The predicted octanol–water partition coefficient (Wildman–Crippen LogP) is 12.1. The molecule has 0 aliphatic carbocycles. The van der Waals surface area contributed by atoms with Crippen LogP contribution in [0.3, 0.4) is 0 Å². The first-order chi connectivity index (χ1) is 27.8. The second kappa shape index (κ2) is 14.1. The van der Waals surface area contributed by atoms with E-state index in [9.17, 15) is 23.7 Å². The third-order valence-corrected chi connectivity index (χ3v) is 9.98. The number of aromatic nitrogens is 4. The van der Waals surface area contributed by atoms with E-state index in [1.54, 1.807) is 30.3 Å². The Morgan fingerprint density at radius 2 is 1.07 bits per heavy atom. The third kappa shape index (κ3) is 6.33. The molecule has 2 aromatic heterocycles. The van der Waals surface area contributed by atoms with Crippen LogP contribution in [0.25, 0.3) is 83.9 Å². The number of halogens is 3. The van der Waals surface area contributed by atoms with E-state index < -0.39 is 11.7 Å². The molecular weight excluding hydrogens is 718 g/mol. The molecule has 0 fully saturated rings. The van der Waals surface area contributed by atoms with Gasteiger partial charge in [-0.15, -0.1) is 0 Å². The molecule has 9 aromatic rings. The van der Waals surface area contributed by atoms with Crippen molar-refractivity contribution in [2.45, 2.75) is 6.18 Å². The Kier molecular flexibility index (Phi) is 8.61. The second-order valence-electron chi connectivity index (χ2n) is 13.4. The first-order valence-corrected chi connectivity index (χ1v) is 18.0. The molecule has 6 nitrogen and oxygen atoms in total. The van der Waals surface area contributed by atoms with Gasteiger partial charge in [-0.1, -0.05) is 121 Å². The van der Waals surface area contributed by atoms with Gasteiger partial charge < -0.3 is 4.57 Å². The fourth-order valence-corrected chi connectivity index (χ4v) is 7.36. The van der Waals surface area contributed by atoms with Gasteiger partial charge in [-0.05, 0) is 64.7 Å². The molecule has 9 heteroatoms. The number of rotatable bonds is 6. The van der Waals surface area contributed by atoms with Gasteiger partial charge in [0.1, 0.15) is 0 Å². The van der Waals surface area contributed by atoms with Crippen molar-refractivity contribution in [3.63, 3.8) is 0 Å². The number of benzene rings is 7. The third-order valence-electron chi connectivity index (χ3n) is 9.98. The summed E-state index contributed by atoms with van der Waals surface area (Å²) in [5, 5.41) is 21.4. The summed E-state index contributed by atoms with van der Waals surface area (Å²) in [7, 11) is 0. The second-order valence-corrected chi connectivity index (χ2v) is 13.4. The molecule has 0 saturated carbocycles. The molecule has 57 heavy (non-hydrogen) atoms. The first-order valence-electron chi connectivity index (χ1n) is 18.0. The molecular formula is C48H27F3N6. The van der Waals surface area contributed by atoms with Crippen LogP contribution in [0.1, 0.15) is 16.7 Å². The summed E-state index contributed by atoms with van der Waals surface area (Å²) in [6.07, 6.45) is -4.63. The van der Waals surface area contributed by atoms with Gasteiger partial charge in [0.05, 0.1) is 39.9 Å². The van der Waals surface area contributed by atoms with Gasteiger partial charge in [0.15, 0.2) is 17.5 Å². The molecule has 0 aliphatic heterocycles. The summed E-state index contributed by atoms with van der Waals surface area (Å²) < 4.78 is 46.1. The molecule has 0 spiro atoms. The van der Waals surface area contributed by atoms with Crippen molar-refractivity contribution in [1.29, 1.82) is 10.5 Å². The van der Waals surface area contributed by atoms with Crippen molar-refractivity contribution < 1.29 is 13.2 Å². The van der Waals surface area contributed by atoms with Crippen molar-refractivity contribution in [3.05, 3.63) is 180 Å². The van der Waals surface area contributed by atoms with E-state index >= 15 is 0 Å². The van der Waals surface area contributed by atoms with Gasteiger partial charge in [-0.3, -0.25) is 0 Å². The highest BCUT2D eigenvalue weighted by Gasteiger charge is 2.34. The molecule has 9 rings (SSSR count). The van der Waals surface area contributed by atoms with Gasteiger partial charge in [0, 0.05) is 33.2 Å². The molecule has 0 N–H and O–H groups in total. The van der Waals surface area contributed by atoms with Crippen molar-refractivity contribution >= 4 is 21.8 Å². The van der Waals surface area contributed by atoms with Crippen molar-refractivity contribution in [3.8, 4) is 74.2 Å². The predicted molar refractivity (Wildman–Crippen MR) is 216 cm³/mol. The van der Waals surface area contributed by atoms with E-state index in [2.05, 4.69) is 16.7 Å². The highest BCUT2D eigenvalue weighted by molar-refractivity contribution is 6.10. The monoisotopic (exact) mass is 744 g/mol. The lowest BCUT2D eigenvalue weighted by Crippen LogP contribution is -2.08. The number of para-hydroxylation sites is 1. The molecule has 0 unspecified atom stereocenters. The minimum atomic E-state index is -4.63. The summed E-state index contributed by atoms with van der Waals surface area (Å²) in [5.74, 6) is 0.948. The minimum absolute atomic E-state index is 0.0103. The maximum absolute atomic E-state index is 14.7. The maximum atomic E-state index is 14.7. The Labute approximate surface area is 325 Å². The standard InChI is InChI=1S/C48H27F3N6/c49-48(50,51)42-17-9-7-15-38(42)37-24-21-35(27-41(37)47-55-45(31-11-3-1-4-12-31)54-46(56-47)32-13-5-2-6-14-32)57-43-18-10-8-16-39(43)40-23-20-33(26-44(40)57)36-22-19-30(28-52)25-34(36)29-53/h1-27H. The Morgan fingerprint density at radius 3 is 1.75 bits per heavy atom. The van der Waals surface area contributed by atoms with E-state index in [0.717, 1.165) is 44.6 Å². The zero-order chi connectivity index (χ0) is 39.1. The van der Waals surface area contributed by atoms with E-state index in [1.165, 1.54) is 12.1 Å². The quantitative estimate of drug-likeness (QED) is 0.169. The normalized spacial score (nSPS) is 11.4. The van der Waals surface area contributed by atoms with Gasteiger partial charge in [0.25, 0.3) is 0 Å². The smallest absolute Gasteiger partial charge is 0.309 e. The number of hydrogen-bond acceptors (Lipinski definition) is 5. The summed E-state index contributed by atoms with van der Waals surface area (Å²) >= 11 is 0. The van der Waals surface area contributed by atoms with E-state index in [4.69, 9.17) is 15.0 Å². The fourth-order valence-electron chi connectivity index (χ4n) is 7.36. The number of fused-ring (bicyclic) bond motifs is 3. The highest BCUT2D eigenvalue weighted by Crippen LogP contribution is 2.43. The lowest BCUT2D eigenvalue weighted by atomic mass is 9.94. The van der Waals surface area contributed by atoms with Crippen LogP contribution >= 0.6 is 0 Å². The van der Waals surface area contributed by atoms with Gasteiger partial charge in [0.2, 0.25) is 0 Å². The molecule has 0 bridgehead atoms. The van der Waals surface area contributed by atoms with E-state index in [0.29, 0.717) is 45.2 Å². The Bertz CT molecular complexity index is 3030. The van der Waals surface area contributed by atoms with Gasteiger partial charge in [-0.25, -0.2) is 15.0 Å². The SMILES string of the molecule is N#Cc1ccc(-c2ccc3c4ccccc4n(-c4ccc(-c5ccccc5C(F)(F)F)c(-c5nc(-c6ccccc6)nc(-c6ccccc6)n5)c4)c3c2)c(C#N)c1. The van der Waals surface area contributed by atoms with Crippen LogP contribution in [0.5, 0.6) is 0 Å². The van der Waals surface area contributed by atoms with E-state index in [1.807, 2.05) is 115 Å². The largest absolute Gasteiger partial charge is 0.417 e. The average Bonchev–Trinajstić information content (AvgIpc) is 3.59. The zero-order valence-corrected chi connectivity index (χ0v) is 29.9. The molecule has 0 aliphatic rings. The molecule has 0 saturated heterocycles. The summed E-state index contributed by atoms with van der Waals surface area (Å²) in [5.41, 5.74) is 5.84. The van der Waals surface area contributed by atoms with Crippen LogP contribution in [0, 0.1) is 22.7 Å². The zero-order valence-electron chi connectivity index (χ0n) is 29.9. The molecule has 2 heterocycles. The van der Waals surface area contributed by atoms with Crippen LogP contribution in [0.15, 0.2) is 164 Å². The Morgan fingerprint density at radius 1 is 0.456 bits per heavy atom. The van der Waals surface area contributed by atoms with Crippen LogP contribution in [0.2, 0.25) is 0 Å². The Hall–Kier alpha value is -7.88. The average molecular weight is 745 g/mol. The number of hydrogen-bond donors (Lipinski definition) is 0. The number of alkyl halides is 3. The summed E-state index contributed by atoms with van der Waals surface area (Å²) in [4.78, 5) is 14.7. The van der Waals surface area contributed by atoms with Crippen molar-refractivity contribution in [1.82, 2.24) is 19.5 Å². The number of nitrogens with zero attached hydrogens (tertiary/aromatic N) is 6. The molecule has 0 amide bonds. The van der Waals surface area contributed by atoms with Crippen LogP contribution in [-0.2, 0) is 6.18 Å². The van der Waals surface area contributed by atoms with Gasteiger partial charge >= 0.3 is 6.18 Å². The van der Waals surface area contributed by atoms with Crippen molar-refractivity contribution in [2.24, 2.45) is 0 Å². The minimum Gasteiger partial charge on any atom is -0.309 e.